The number of halogens is 1. The molecule has 1 nitrogen and oxygen atoms in total. The molecule has 3 aromatic carbocycles. The van der Waals surface area contributed by atoms with Crippen molar-refractivity contribution in [2.45, 2.75) is 25.4 Å². The Morgan fingerprint density at radius 1 is 0.640 bits per heavy atom. The highest BCUT2D eigenvalue weighted by atomic mass is 19.1. The summed E-state index contributed by atoms with van der Waals surface area (Å²) in [5.74, 6) is -0.206. The third kappa shape index (κ3) is 3.64. The molecule has 25 heavy (non-hydrogen) atoms. The molecule has 2 heteroatoms. The van der Waals surface area contributed by atoms with Gasteiger partial charge >= 0.3 is 0 Å². The quantitative estimate of drug-likeness (QED) is 0.539. The molecule has 1 heterocycles. The molecule has 0 spiro atoms. The van der Waals surface area contributed by atoms with E-state index in [1.807, 2.05) is 12.1 Å². The van der Waals surface area contributed by atoms with Gasteiger partial charge in [0, 0.05) is 6.61 Å². The first-order chi connectivity index (χ1) is 12.3. The van der Waals surface area contributed by atoms with E-state index in [9.17, 15) is 4.39 Å². The fraction of sp³-hybridized carbons (Fsp3) is 0.217. The van der Waals surface area contributed by atoms with Crippen molar-refractivity contribution in [3.05, 3.63) is 84.2 Å². The second-order valence-corrected chi connectivity index (χ2v) is 6.56. The van der Waals surface area contributed by atoms with Crippen LogP contribution in [-0.4, -0.2) is 6.61 Å². The van der Waals surface area contributed by atoms with E-state index in [2.05, 4.69) is 48.5 Å². The summed E-state index contributed by atoms with van der Waals surface area (Å²) < 4.78 is 18.9. The molecule has 1 saturated heterocycles. The van der Waals surface area contributed by atoms with Crippen LogP contribution in [0.1, 0.15) is 30.9 Å². The van der Waals surface area contributed by atoms with Gasteiger partial charge in [-0.15, -0.1) is 0 Å². The van der Waals surface area contributed by atoms with Crippen molar-refractivity contribution in [2.24, 2.45) is 0 Å². The molecular weight excluding hydrogens is 311 g/mol. The van der Waals surface area contributed by atoms with Crippen LogP contribution in [0.2, 0.25) is 0 Å². The first-order valence-electron chi connectivity index (χ1n) is 8.87. The van der Waals surface area contributed by atoms with Crippen LogP contribution in [0.15, 0.2) is 72.8 Å². The zero-order valence-electron chi connectivity index (χ0n) is 14.1. The van der Waals surface area contributed by atoms with Gasteiger partial charge in [0.05, 0.1) is 6.10 Å². The van der Waals surface area contributed by atoms with Gasteiger partial charge in [0.15, 0.2) is 0 Å². The maximum absolute atomic E-state index is 13.0. The Bertz CT molecular complexity index is 813. The van der Waals surface area contributed by atoms with Gasteiger partial charge in [-0.3, -0.25) is 0 Å². The lowest BCUT2D eigenvalue weighted by molar-refractivity contribution is 0.0149. The van der Waals surface area contributed by atoms with E-state index < -0.39 is 0 Å². The van der Waals surface area contributed by atoms with Crippen LogP contribution in [0.25, 0.3) is 22.3 Å². The molecule has 0 aromatic heterocycles. The van der Waals surface area contributed by atoms with Gasteiger partial charge in [0.2, 0.25) is 0 Å². The Hall–Kier alpha value is -2.45. The topological polar surface area (TPSA) is 9.23 Å². The zero-order valence-corrected chi connectivity index (χ0v) is 14.1. The summed E-state index contributed by atoms with van der Waals surface area (Å²) in [4.78, 5) is 0. The Labute approximate surface area is 148 Å². The molecule has 1 aliphatic heterocycles. The molecule has 1 aliphatic rings. The van der Waals surface area contributed by atoms with Crippen LogP contribution in [0.4, 0.5) is 4.39 Å². The summed E-state index contributed by atoms with van der Waals surface area (Å²) in [5, 5.41) is 0. The van der Waals surface area contributed by atoms with Crippen molar-refractivity contribution in [1.29, 1.82) is 0 Å². The minimum atomic E-state index is -0.206. The fourth-order valence-corrected chi connectivity index (χ4v) is 3.39. The number of rotatable bonds is 3. The second kappa shape index (κ2) is 7.20. The smallest absolute Gasteiger partial charge is 0.123 e. The lowest BCUT2D eigenvalue weighted by Crippen LogP contribution is -2.11. The highest BCUT2D eigenvalue weighted by Crippen LogP contribution is 2.30. The lowest BCUT2D eigenvalue weighted by Gasteiger charge is -2.23. The number of benzene rings is 3. The molecule has 0 radical (unpaired) electrons. The van der Waals surface area contributed by atoms with Gasteiger partial charge in [-0.05, 0) is 59.2 Å². The molecule has 0 saturated carbocycles. The second-order valence-electron chi connectivity index (χ2n) is 6.56. The summed E-state index contributed by atoms with van der Waals surface area (Å²) >= 11 is 0. The van der Waals surface area contributed by atoms with Crippen molar-refractivity contribution in [3.8, 4) is 22.3 Å². The number of ether oxygens (including phenoxy) is 1. The first kappa shape index (κ1) is 16.0. The van der Waals surface area contributed by atoms with Crippen molar-refractivity contribution >= 4 is 0 Å². The average molecular weight is 332 g/mol. The predicted molar refractivity (Wildman–Crippen MR) is 99.8 cm³/mol. The van der Waals surface area contributed by atoms with E-state index >= 15 is 0 Å². The molecule has 1 fully saturated rings. The van der Waals surface area contributed by atoms with Gasteiger partial charge in [0.1, 0.15) is 5.82 Å². The average Bonchev–Trinajstić information content (AvgIpc) is 2.70. The van der Waals surface area contributed by atoms with Crippen LogP contribution in [0.5, 0.6) is 0 Å². The predicted octanol–water partition coefficient (Wildman–Crippen LogP) is 6.40. The fourth-order valence-electron chi connectivity index (χ4n) is 3.39. The van der Waals surface area contributed by atoms with Crippen LogP contribution < -0.4 is 0 Å². The normalized spacial score (nSPS) is 17.4. The van der Waals surface area contributed by atoms with Crippen molar-refractivity contribution in [3.63, 3.8) is 0 Å². The maximum Gasteiger partial charge on any atom is 0.123 e. The van der Waals surface area contributed by atoms with Crippen molar-refractivity contribution < 1.29 is 9.13 Å². The molecular formula is C23H21FO. The van der Waals surface area contributed by atoms with E-state index in [1.54, 1.807) is 0 Å². The van der Waals surface area contributed by atoms with E-state index in [0.29, 0.717) is 0 Å². The molecule has 1 unspecified atom stereocenters. The highest BCUT2D eigenvalue weighted by molar-refractivity contribution is 5.70. The standard InChI is InChI=1S/C23H21FO/c24-22-14-12-20(13-15-22)18-6-4-17(5-7-18)19-8-10-21(11-9-19)23-3-1-2-16-25-23/h4-15,23H,1-3,16H2. The lowest BCUT2D eigenvalue weighted by atomic mass is 9.97. The summed E-state index contributed by atoms with van der Waals surface area (Å²) in [6, 6.07) is 23.7. The Morgan fingerprint density at radius 3 is 1.60 bits per heavy atom. The first-order valence-corrected chi connectivity index (χ1v) is 8.87. The third-order valence-corrected chi connectivity index (χ3v) is 4.86. The molecule has 0 aliphatic carbocycles. The van der Waals surface area contributed by atoms with Gasteiger partial charge in [-0.25, -0.2) is 4.39 Å². The monoisotopic (exact) mass is 332 g/mol. The zero-order chi connectivity index (χ0) is 17.1. The van der Waals surface area contributed by atoms with E-state index in [0.717, 1.165) is 24.2 Å². The van der Waals surface area contributed by atoms with E-state index in [4.69, 9.17) is 4.74 Å². The Balaban J connectivity index is 1.52. The van der Waals surface area contributed by atoms with Gasteiger partial charge in [-0.2, -0.15) is 0 Å². The Kier molecular flexibility index (Phi) is 4.62. The van der Waals surface area contributed by atoms with E-state index in [1.165, 1.54) is 41.7 Å². The number of hydrogen-bond acceptors (Lipinski definition) is 1. The molecule has 126 valence electrons. The van der Waals surface area contributed by atoms with Crippen LogP contribution in [0, 0.1) is 5.82 Å². The molecule has 0 amide bonds. The molecule has 0 bridgehead atoms. The largest absolute Gasteiger partial charge is 0.374 e. The minimum absolute atomic E-state index is 0.206. The van der Waals surface area contributed by atoms with Crippen molar-refractivity contribution in [1.82, 2.24) is 0 Å². The summed E-state index contributed by atoms with van der Waals surface area (Å²) in [7, 11) is 0. The van der Waals surface area contributed by atoms with Crippen molar-refractivity contribution in [2.75, 3.05) is 6.61 Å². The Morgan fingerprint density at radius 2 is 1.12 bits per heavy atom. The maximum atomic E-state index is 13.0. The SMILES string of the molecule is Fc1ccc(-c2ccc(-c3ccc(C4CCCCO4)cc3)cc2)cc1. The summed E-state index contributed by atoms with van der Waals surface area (Å²) in [6.45, 7) is 0.872. The van der Waals surface area contributed by atoms with Gasteiger partial charge in [-0.1, -0.05) is 60.7 Å². The number of hydrogen-bond donors (Lipinski definition) is 0. The molecule has 0 N–H and O–H groups in total. The third-order valence-electron chi connectivity index (χ3n) is 4.86. The summed E-state index contributed by atoms with van der Waals surface area (Å²) in [6.07, 6.45) is 3.79. The van der Waals surface area contributed by atoms with Crippen LogP contribution in [0.3, 0.4) is 0 Å². The highest BCUT2D eigenvalue weighted by Gasteiger charge is 2.15. The summed E-state index contributed by atoms with van der Waals surface area (Å²) in [5.41, 5.74) is 5.77. The van der Waals surface area contributed by atoms with Crippen LogP contribution >= 0.6 is 0 Å². The van der Waals surface area contributed by atoms with Crippen LogP contribution in [-0.2, 0) is 4.74 Å². The van der Waals surface area contributed by atoms with E-state index in [-0.39, 0.29) is 11.9 Å². The molecule has 4 rings (SSSR count). The minimum Gasteiger partial charge on any atom is -0.374 e. The molecule has 3 aromatic rings. The van der Waals surface area contributed by atoms with Gasteiger partial charge < -0.3 is 4.74 Å². The van der Waals surface area contributed by atoms with Gasteiger partial charge in [0.25, 0.3) is 0 Å². The molecule has 1 atom stereocenters.